The highest BCUT2D eigenvalue weighted by Crippen LogP contribution is 2.29. The van der Waals surface area contributed by atoms with Crippen molar-refractivity contribution >= 4 is 38.4 Å². The Labute approximate surface area is 152 Å². The summed E-state index contributed by atoms with van der Waals surface area (Å²) in [5, 5.41) is 16.0. The second-order valence-corrected chi connectivity index (χ2v) is 6.27. The number of halogens is 1. The largest absolute Gasteiger partial charge is 0.616 e. The Morgan fingerprint density at radius 1 is 1.12 bits per heavy atom. The maximum Gasteiger partial charge on any atom is 0.385 e. The quantitative estimate of drug-likeness (QED) is 0.528. The molecule has 0 atom stereocenters. The van der Waals surface area contributed by atoms with E-state index in [1.807, 2.05) is 6.07 Å². The van der Waals surface area contributed by atoms with E-state index in [9.17, 15) is 10.0 Å². The Morgan fingerprint density at radius 3 is 2.60 bits per heavy atom. The average molecular weight is 403 g/mol. The van der Waals surface area contributed by atoms with Crippen LogP contribution in [-0.4, -0.2) is 13.0 Å². The van der Waals surface area contributed by atoms with Crippen LogP contribution in [0.3, 0.4) is 0 Å². The van der Waals surface area contributed by atoms with Gasteiger partial charge >= 0.3 is 5.88 Å². The molecule has 7 heteroatoms. The van der Waals surface area contributed by atoms with E-state index in [1.54, 1.807) is 42.5 Å². The minimum absolute atomic E-state index is 0.122. The summed E-state index contributed by atoms with van der Waals surface area (Å²) in [6, 6.07) is 13.7. The first-order valence-corrected chi connectivity index (χ1v) is 8.22. The van der Waals surface area contributed by atoms with Gasteiger partial charge in [0.15, 0.2) is 0 Å². The molecule has 3 rings (SSSR count). The van der Waals surface area contributed by atoms with Crippen molar-refractivity contribution in [2.45, 2.75) is 6.92 Å². The topological polar surface area (TPSA) is 74.5 Å². The third-order valence-corrected chi connectivity index (χ3v) is 3.97. The van der Waals surface area contributed by atoms with E-state index >= 15 is 0 Å². The molecule has 1 amide bonds. The predicted octanol–water partition coefficient (Wildman–Crippen LogP) is 4.00. The number of carbonyl (C=O) groups is 1. The number of rotatable bonds is 4. The lowest BCUT2D eigenvalue weighted by atomic mass is 10.2. The van der Waals surface area contributed by atoms with Gasteiger partial charge in [-0.2, -0.15) is 0 Å². The number of fused-ring (bicyclic) bond motifs is 1. The Hall–Kier alpha value is -2.80. The van der Waals surface area contributed by atoms with E-state index < -0.39 is 0 Å². The Balaban J connectivity index is 1.99. The van der Waals surface area contributed by atoms with E-state index in [0.717, 1.165) is 14.6 Å². The number of ether oxygens (including phenoxy) is 2. The summed E-state index contributed by atoms with van der Waals surface area (Å²) in [5.74, 6) is 0.791. The van der Waals surface area contributed by atoms with Gasteiger partial charge < -0.3 is 20.0 Å². The number of carbonyl (C=O) groups excluding carboxylic acids is 1. The molecule has 0 unspecified atom stereocenters. The third kappa shape index (κ3) is 3.83. The standard InChI is InChI=1S/C18H15BrN2O4/c1-11(22)20-14-8-15(24-2)10-16(9-14)25-18-6-3-12-7-13(19)4-5-17(12)21(18)23/h3-10H,1-2H3,(H,20,22). The zero-order valence-electron chi connectivity index (χ0n) is 13.6. The fraction of sp³-hybridized carbons (Fsp3) is 0.111. The SMILES string of the molecule is COc1cc(NC(C)=O)cc(Oc2ccc3cc(Br)ccc3[n+]2[O-])c1. The molecule has 3 aromatic rings. The fourth-order valence-corrected chi connectivity index (χ4v) is 2.79. The van der Waals surface area contributed by atoms with Gasteiger partial charge in [-0.1, -0.05) is 15.9 Å². The van der Waals surface area contributed by atoms with Gasteiger partial charge in [-0.3, -0.25) is 4.79 Å². The van der Waals surface area contributed by atoms with E-state index in [0.29, 0.717) is 22.7 Å². The number of nitrogens with one attached hydrogen (secondary N) is 1. The minimum Gasteiger partial charge on any atom is -0.616 e. The fourth-order valence-electron chi connectivity index (χ4n) is 2.41. The maximum absolute atomic E-state index is 12.5. The Bertz CT molecular complexity index is 959. The average Bonchev–Trinajstić information content (AvgIpc) is 2.56. The molecule has 0 spiro atoms. The monoisotopic (exact) mass is 402 g/mol. The highest BCUT2D eigenvalue weighted by molar-refractivity contribution is 9.10. The number of hydrogen-bond acceptors (Lipinski definition) is 4. The second kappa shape index (κ2) is 6.98. The number of amides is 1. The van der Waals surface area contributed by atoms with Crippen molar-refractivity contribution in [3.63, 3.8) is 0 Å². The van der Waals surface area contributed by atoms with Gasteiger partial charge in [0, 0.05) is 46.7 Å². The van der Waals surface area contributed by atoms with Crippen molar-refractivity contribution in [3.8, 4) is 17.4 Å². The number of hydrogen-bond donors (Lipinski definition) is 1. The lowest BCUT2D eigenvalue weighted by Crippen LogP contribution is -2.28. The molecular weight excluding hydrogens is 388 g/mol. The van der Waals surface area contributed by atoms with Crippen LogP contribution in [0.4, 0.5) is 5.69 Å². The summed E-state index contributed by atoms with van der Waals surface area (Å²) in [6.45, 7) is 1.41. The summed E-state index contributed by atoms with van der Waals surface area (Å²) >= 11 is 3.38. The molecule has 128 valence electrons. The molecule has 0 aliphatic carbocycles. The van der Waals surface area contributed by atoms with Crippen LogP contribution in [0.25, 0.3) is 10.9 Å². The number of nitrogens with zero attached hydrogens (tertiary/aromatic N) is 1. The summed E-state index contributed by atoms with van der Waals surface area (Å²) in [6.07, 6.45) is 0. The molecule has 2 aromatic carbocycles. The number of pyridine rings is 1. The van der Waals surface area contributed by atoms with E-state index in [-0.39, 0.29) is 11.8 Å². The van der Waals surface area contributed by atoms with Gasteiger partial charge in [0.2, 0.25) is 11.4 Å². The zero-order chi connectivity index (χ0) is 18.0. The molecule has 0 saturated heterocycles. The molecule has 0 saturated carbocycles. The smallest absolute Gasteiger partial charge is 0.385 e. The second-order valence-electron chi connectivity index (χ2n) is 5.35. The van der Waals surface area contributed by atoms with Crippen LogP contribution in [0.5, 0.6) is 17.4 Å². The van der Waals surface area contributed by atoms with Crippen LogP contribution in [0.2, 0.25) is 0 Å². The lowest BCUT2D eigenvalue weighted by Gasteiger charge is -2.11. The van der Waals surface area contributed by atoms with Gasteiger partial charge in [-0.05, 0) is 18.2 Å². The first-order chi connectivity index (χ1) is 12.0. The van der Waals surface area contributed by atoms with Crippen LogP contribution in [-0.2, 0) is 4.79 Å². The summed E-state index contributed by atoms with van der Waals surface area (Å²) in [4.78, 5) is 11.3. The van der Waals surface area contributed by atoms with Gasteiger partial charge in [0.1, 0.15) is 11.5 Å². The van der Waals surface area contributed by atoms with E-state index in [2.05, 4.69) is 21.2 Å². The van der Waals surface area contributed by atoms with Crippen LogP contribution in [0.1, 0.15) is 6.92 Å². The summed E-state index contributed by atoms with van der Waals surface area (Å²) in [5.41, 5.74) is 1.01. The molecular formula is C18H15BrN2O4. The first-order valence-electron chi connectivity index (χ1n) is 7.42. The number of benzene rings is 2. The highest BCUT2D eigenvalue weighted by Gasteiger charge is 2.14. The first kappa shape index (κ1) is 17.0. The lowest BCUT2D eigenvalue weighted by molar-refractivity contribution is -0.583. The van der Waals surface area contributed by atoms with Crippen molar-refractivity contribution in [3.05, 3.63) is 58.2 Å². The van der Waals surface area contributed by atoms with Crippen molar-refractivity contribution < 1.29 is 19.0 Å². The van der Waals surface area contributed by atoms with E-state index in [4.69, 9.17) is 9.47 Å². The van der Waals surface area contributed by atoms with Crippen molar-refractivity contribution in [2.24, 2.45) is 0 Å². The predicted molar refractivity (Wildman–Crippen MR) is 98.0 cm³/mol. The van der Waals surface area contributed by atoms with Gasteiger partial charge in [0.25, 0.3) is 0 Å². The van der Waals surface area contributed by atoms with Gasteiger partial charge in [0.05, 0.1) is 13.2 Å². The van der Waals surface area contributed by atoms with Crippen LogP contribution in [0, 0.1) is 5.21 Å². The van der Waals surface area contributed by atoms with Gasteiger partial charge in [-0.25, -0.2) is 0 Å². The minimum atomic E-state index is -0.214. The normalized spacial score (nSPS) is 10.5. The molecule has 6 nitrogen and oxygen atoms in total. The van der Waals surface area contributed by atoms with Crippen molar-refractivity contribution in [1.82, 2.24) is 0 Å². The molecule has 0 fully saturated rings. The Kier molecular flexibility index (Phi) is 4.76. The maximum atomic E-state index is 12.5. The van der Waals surface area contributed by atoms with Crippen molar-refractivity contribution in [1.29, 1.82) is 0 Å². The Morgan fingerprint density at radius 2 is 1.88 bits per heavy atom. The van der Waals surface area contributed by atoms with Crippen LogP contribution >= 0.6 is 15.9 Å². The molecule has 0 aliphatic heterocycles. The number of aromatic nitrogens is 1. The van der Waals surface area contributed by atoms with Crippen LogP contribution in [0.15, 0.2) is 53.0 Å². The number of anilines is 1. The molecule has 0 bridgehead atoms. The van der Waals surface area contributed by atoms with E-state index in [1.165, 1.54) is 14.0 Å². The third-order valence-electron chi connectivity index (χ3n) is 3.47. The summed E-state index contributed by atoms with van der Waals surface area (Å²) in [7, 11) is 1.51. The molecule has 1 heterocycles. The molecule has 1 aromatic heterocycles. The van der Waals surface area contributed by atoms with Crippen molar-refractivity contribution in [2.75, 3.05) is 12.4 Å². The summed E-state index contributed by atoms with van der Waals surface area (Å²) < 4.78 is 12.5. The molecule has 1 N–H and O–H groups in total. The highest BCUT2D eigenvalue weighted by atomic mass is 79.9. The zero-order valence-corrected chi connectivity index (χ0v) is 15.2. The molecule has 25 heavy (non-hydrogen) atoms. The number of methoxy groups -OCH3 is 1. The van der Waals surface area contributed by atoms with Crippen LogP contribution < -0.4 is 19.5 Å². The molecule has 0 radical (unpaired) electrons. The molecule has 0 aliphatic rings. The van der Waals surface area contributed by atoms with Gasteiger partial charge in [-0.15, -0.1) is 4.73 Å².